The van der Waals surface area contributed by atoms with E-state index in [2.05, 4.69) is 12.2 Å². The van der Waals surface area contributed by atoms with Gasteiger partial charge in [-0.05, 0) is 34.0 Å². The second kappa shape index (κ2) is 5.19. The Bertz CT molecular complexity index is 173. The molecule has 0 aliphatic heterocycles. The van der Waals surface area contributed by atoms with Crippen molar-refractivity contribution >= 4 is 5.97 Å². The molecule has 0 bridgehead atoms. The number of carbonyl (C=O) groups is 1. The predicted octanol–water partition coefficient (Wildman–Crippen LogP) is 0.391. The summed E-state index contributed by atoms with van der Waals surface area (Å²) in [4.78, 5) is 12.9. The number of aliphatic carboxylic acids is 1. The first kappa shape index (κ1) is 12.4. The lowest BCUT2D eigenvalue weighted by Crippen LogP contribution is -2.54. The van der Waals surface area contributed by atoms with Gasteiger partial charge in [-0.15, -0.1) is 0 Å². The molecule has 0 saturated heterocycles. The molecule has 0 amide bonds. The van der Waals surface area contributed by atoms with Crippen LogP contribution in [-0.4, -0.2) is 48.7 Å². The first-order chi connectivity index (χ1) is 5.96. The maximum atomic E-state index is 10.9. The summed E-state index contributed by atoms with van der Waals surface area (Å²) >= 11 is 0. The van der Waals surface area contributed by atoms with Crippen LogP contribution >= 0.6 is 0 Å². The van der Waals surface area contributed by atoms with Crippen molar-refractivity contribution < 1.29 is 9.90 Å². The number of nitrogens with zero attached hydrogens (tertiary/aromatic N) is 1. The Hall–Kier alpha value is -0.610. The number of nitrogens with one attached hydrogen (secondary N) is 1. The summed E-state index contributed by atoms with van der Waals surface area (Å²) in [6, 6.07) is 0. The van der Waals surface area contributed by atoms with Gasteiger partial charge in [0.2, 0.25) is 0 Å². The van der Waals surface area contributed by atoms with E-state index in [4.69, 9.17) is 5.11 Å². The van der Waals surface area contributed by atoms with Crippen LogP contribution in [0.3, 0.4) is 0 Å². The highest BCUT2D eigenvalue weighted by atomic mass is 16.4. The highest BCUT2D eigenvalue weighted by molar-refractivity contribution is 5.78. The molecule has 1 unspecified atom stereocenters. The molecule has 0 fully saturated rings. The molecule has 0 aromatic carbocycles. The lowest BCUT2D eigenvalue weighted by atomic mass is 10.0. The van der Waals surface area contributed by atoms with Gasteiger partial charge >= 0.3 is 5.97 Å². The van der Waals surface area contributed by atoms with Gasteiger partial charge in [0.15, 0.2) is 0 Å². The standard InChI is InChI=1S/C9H20N2O2/c1-5-6-11(4)7-9(2,10-3)8(12)13/h10H,5-7H2,1-4H3,(H,12,13). The Morgan fingerprint density at radius 3 is 2.46 bits per heavy atom. The van der Waals surface area contributed by atoms with Crippen LogP contribution in [0, 0.1) is 0 Å². The number of hydrogen-bond donors (Lipinski definition) is 2. The first-order valence-electron chi connectivity index (χ1n) is 4.57. The molecule has 4 nitrogen and oxygen atoms in total. The van der Waals surface area contributed by atoms with Crippen LogP contribution < -0.4 is 5.32 Å². The normalized spacial score (nSPS) is 15.8. The summed E-state index contributed by atoms with van der Waals surface area (Å²) in [5, 5.41) is 11.8. The van der Waals surface area contributed by atoms with Crippen molar-refractivity contribution in [1.29, 1.82) is 0 Å². The average molecular weight is 188 g/mol. The smallest absolute Gasteiger partial charge is 0.324 e. The highest BCUT2D eigenvalue weighted by Crippen LogP contribution is 2.05. The van der Waals surface area contributed by atoms with E-state index in [0.29, 0.717) is 6.54 Å². The summed E-state index contributed by atoms with van der Waals surface area (Å²) in [6.45, 7) is 5.21. The van der Waals surface area contributed by atoms with Crippen molar-refractivity contribution in [3.8, 4) is 0 Å². The number of carboxylic acids is 1. The molecular weight excluding hydrogens is 168 g/mol. The van der Waals surface area contributed by atoms with Crippen LogP contribution in [0.15, 0.2) is 0 Å². The molecule has 1 atom stereocenters. The lowest BCUT2D eigenvalue weighted by Gasteiger charge is -2.29. The molecule has 2 N–H and O–H groups in total. The zero-order chi connectivity index (χ0) is 10.5. The lowest BCUT2D eigenvalue weighted by molar-refractivity contribution is -0.144. The Morgan fingerprint density at radius 1 is 1.62 bits per heavy atom. The van der Waals surface area contributed by atoms with Gasteiger partial charge in [0.05, 0.1) is 0 Å². The number of likely N-dealkylation sites (N-methyl/N-ethyl adjacent to an activating group) is 2. The molecule has 0 saturated carbocycles. The SMILES string of the molecule is CCCN(C)CC(C)(NC)C(=O)O. The van der Waals surface area contributed by atoms with Crippen LogP contribution in [0.25, 0.3) is 0 Å². The van der Waals surface area contributed by atoms with E-state index < -0.39 is 11.5 Å². The van der Waals surface area contributed by atoms with Gasteiger partial charge < -0.3 is 15.3 Å². The fourth-order valence-electron chi connectivity index (χ4n) is 1.25. The maximum absolute atomic E-state index is 10.9. The molecule has 0 aromatic heterocycles. The second-order valence-corrected chi connectivity index (χ2v) is 3.63. The average Bonchev–Trinajstić information content (AvgIpc) is 2.04. The molecule has 0 spiro atoms. The van der Waals surface area contributed by atoms with Gasteiger partial charge in [-0.1, -0.05) is 6.92 Å². The number of hydrogen-bond acceptors (Lipinski definition) is 3. The fraction of sp³-hybridized carbons (Fsp3) is 0.889. The molecule has 78 valence electrons. The predicted molar refractivity (Wildman–Crippen MR) is 52.9 cm³/mol. The minimum absolute atomic E-state index is 0.521. The van der Waals surface area contributed by atoms with E-state index in [1.807, 2.05) is 11.9 Å². The van der Waals surface area contributed by atoms with Gasteiger partial charge in [0.1, 0.15) is 5.54 Å². The van der Waals surface area contributed by atoms with Crippen molar-refractivity contribution in [2.45, 2.75) is 25.8 Å². The summed E-state index contributed by atoms with van der Waals surface area (Å²) in [7, 11) is 3.61. The van der Waals surface area contributed by atoms with E-state index >= 15 is 0 Å². The number of carboxylic acid groups (broad SMARTS) is 1. The molecule has 0 heterocycles. The van der Waals surface area contributed by atoms with E-state index in [1.54, 1.807) is 14.0 Å². The van der Waals surface area contributed by atoms with E-state index in [0.717, 1.165) is 13.0 Å². The Balaban J connectivity index is 4.18. The molecular formula is C9H20N2O2. The van der Waals surface area contributed by atoms with Crippen molar-refractivity contribution in [3.63, 3.8) is 0 Å². The molecule has 0 aromatic rings. The van der Waals surface area contributed by atoms with Crippen molar-refractivity contribution in [2.75, 3.05) is 27.2 Å². The third-order valence-electron chi connectivity index (χ3n) is 2.22. The van der Waals surface area contributed by atoms with Gasteiger partial charge in [-0.3, -0.25) is 4.79 Å². The minimum Gasteiger partial charge on any atom is -0.480 e. The fourth-order valence-corrected chi connectivity index (χ4v) is 1.25. The van der Waals surface area contributed by atoms with Gasteiger partial charge in [-0.2, -0.15) is 0 Å². The van der Waals surface area contributed by atoms with Crippen LogP contribution in [0.4, 0.5) is 0 Å². The van der Waals surface area contributed by atoms with Gasteiger partial charge in [-0.25, -0.2) is 0 Å². The quantitative estimate of drug-likeness (QED) is 0.633. The van der Waals surface area contributed by atoms with E-state index in [-0.39, 0.29) is 0 Å². The van der Waals surface area contributed by atoms with Crippen molar-refractivity contribution in [2.24, 2.45) is 0 Å². The zero-order valence-electron chi connectivity index (χ0n) is 8.92. The third-order valence-corrected chi connectivity index (χ3v) is 2.22. The van der Waals surface area contributed by atoms with Crippen molar-refractivity contribution in [1.82, 2.24) is 10.2 Å². The van der Waals surface area contributed by atoms with E-state index in [9.17, 15) is 4.79 Å². The third kappa shape index (κ3) is 3.74. The summed E-state index contributed by atoms with van der Waals surface area (Å²) in [6.07, 6.45) is 1.04. The van der Waals surface area contributed by atoms with E-state index in [1.165, 1.54) is 0 Å². The second-order valence-electron chi connectivity index (χ2n) is 3.63. The van der Waals surface area contributed by atoms with Crippen LogP contribution in [-0.2, 0) is 4.79 Å². The Kier molecular flexibility index (Phi) is 4.95. The Labute approximate surface area is 79.9 Å². The molecule has 0 radical (unpaired) electrons. The summed E-state index contributed by atoms with van der Waals surface area (Å²) < 4.78 is 0. The zero-order valence-corrected chi connectivity index (χ0v) is 8.92. The Morgan fingerprint density at radius 2 is 2.15 bits per heavy atom. The first-order valence-corrected chi connectivity index (χ1v) is 4.57. The van der Waals surface area contributed by atoms with Gasteiger partial charge in [0, 0.05) is 6.54 Å². The summed E-state index contributed by atoms with van der Waals surface area (Å²) in [5.41, 5.74) is -0.843. The molecule has 13 heavy (non-hydrogen) atoms. The van der Waals surface area contributed by atoms with Crippen LogP contribution in [0.1, 0.15) is 20.3 Å². The topological polar surface area (TPSA) is 52.6 Å². The van der Waals surface area contributed by atoms with Crippen molar-refractivity contribution in [3.05, 3.63) is 0 Å². The monoisotopic (exact) mass is 188 g/mol. The molecule has 4 heteroatoms. The van der Waals surface area contributed by atoms with Crippen LogP contribution in [0.5, 0.6) is 0 Å². The molecule has 0 rings (SSSR count). The maximum Gasteiger partial charge on any atom is 0.324 e. The molecule has 0 aliphatic carbocycles. The number of rotatable bonds is 6. The minimum atomic E-state index is -0.843. The highest BCUT2D eigenvalue weighted by Gasteiger charge is 2.31. The summed E-state index contributed by atoms with van der Waals surface area (Å²) in [5.74, 6) is -0.807. The molecule has 0 aliphatic rings. The van der Waals surface area contributed by atoms with Gasteiger partial charge in [0.25, 0.3) is 0 Å². The largest absolute Gasteiger partial charge is 0.480 e. The van der Waals surface area contributed by atoms with Crippen LogP contribution in [0.2, 0.25) is 0 Å².